The van der Waals surface area contributed by atoms with Crippen molar-refractivity contribution in [1.29, 1.82) is 0 Å². The molecule has 1 rings (SSSR count). The summed E-state index contributed by atoms with van der Waals surface area (Å²) in [6.45, 7) is 3.67. The van der Waals surface area contributed by atoms with Crippen LogP contribution in [0.15, 0.2) is 18.2 Å². The fourth-order valence-electron chi connectivity index (χ4n) is 1.11. The van der Waals surface area contributed by atoms with E-state index in [1.165, 1.54) is 5.56 Å². The molecule has 0 bridgehead atoms. The standard InChI is InChI=1S/C10H15ClN2/c1-8-3-4-9(11)7-10(8)13-6-2-5-12/h3-4,7,13H,2,5-6,12H2,1H3. The normalized spacial score (nSPS) is 10.1. The van der Waals surface area contributed by atoms with E-state index in [-0.39, 0.29) is 0 Å². The van der Waals surface area contributed by atoms with Crippen LogP contribution in [0.3, 0.4) is 0 Å². The van der Waals surface area contributed by atoms with Gasteiger partial charge in [-0.1, -0.05) is 17.7 Å². The predicted octanol–water partition coefficient (Wildman–Crippen LogP) is 2.41. The first-order valence-electron chi connectivity index (χ1n) is 4.44. The van der Waals surface area contributed by atoms with Crippen molar-refractivity contribution in [3.05, 3.63) is 28.8 Å². The third-order valence-corrected chi connectivity index (χ3v) is 2.13. The van der Waals surface area contributed by atoms with Crippen LogP contribution in [0.5, 0.6) is 0 Å². The lowest BCUT2D eigenvalue weighted by atomic mass is 10.2. The molecule has 1 aromatic rings. The van der Waals surface area contributed by atoms with Crippen LogP contribution in [0.2, 0.25) is 5.02 Å². The summed E-state index contributed by atoms with van der Waals surface area (Å²) in [5, 5.41) is 4.05. The van der Waals surface area contributed by atoms with Crippen LogP contribution in [0.4, 0.5) is 5.69 Å². The highest BCUT2D eigenvalue weighted by molar-refractivity contribution is 6.30. The van der Waals surface area contributed by atoms with Gasteiger partial charge in [0.25, 0.3) is 0 Å². The Morgan fingerprint density at radius 2 is 2.23 bits per heavy atom. The Morgan fingerprint density at radius 1 is 1.46 bits per heavy atom. The summed E-state index contributed by atoms with van der Waals surface area (Å²) in [6.07, 6.45) is 0.978. The topological polar surface area (TPSA) is 38.0 Å². The van der Waals surface area contributed by atoms with Gasteiger partial charge in [0.1, 0.15) is 0 Å². The zero-order chi connectivity index (χ0) is 9.68. The highest BCUT2D eigenvalue weighted by Crippen LogP contribution is 2.19. The molecule has 0 atom stereocenters. The van der Waals surface area contributed by atoms with E-state index >= 15 is 0 Å². The smallest absolute Gasteiger partial charge is 0.0426 e. The monoisotopic (exact) mass is 198 g/mol. The van der Waals surface area contributed by atoms with Gasteiger partial charge in [0, 0.05) is 17.3 Å². The fraction of sp³-hybridized carbons (Fsp3) is 0.400. The lowest BCUT2D eigenvalue weighted by Gasteiger charge is -2.08. The van der Waals surface area contributed by atoms with Gasteiger partial charge in [0.05, 0.1) is 0 Å². The number of anilines is 1. The van der Waals surface area contributed by atoms with Crippen molar-refractivity contribution in [2.24, 2.45) is 5.73 Å². The molecule has 1 aromatic carbocycles. The summed E-state index contributed by atoms with van der Waals surface area (Å²) in [5.41, 5.74) is 7.70. The minimum atomic E-state index is 0.715. The molecule has 72 valence electrons. The largest absolute Gasteiger partial charge is 0.385 e. The predicted molar refractivity (Wildman–Crippen MR) is 58.4 cm³/mol. The molecular formula is C10H15ClN2. The van der Waals surface area contributed by atoms with E-state index in [4.69, 9.17) is 17.3 Å². The summed E-state index contributed by atoms with van der Waals surface area (Å²) >= 11 is 5.86. The maximum atomic E-state index is 5.86. The van der Waals surface area contributed by atoms with Gasteiger partial charge in [0.15, 0.2) is 0 Å². The van der Waals surface area contributed by atoms with Crippen molar-refractivity contribution < 1.29 is 0 Å². The Morgan fingerprint density at radius 3 is 2.92 bits per heavy atom. The van der Waals surface area contributed by atoms with Gasteiger partial charge in [0.2, 0.25) is 0 Å². The van der Waals surface area contributed by atoms with Crippen molar-refractivity contribution in [3.8, 4) is 0 Å². The van der Waals surface area contributed by atoms with Gasteiger partial charge in [-0.15, -0.1) is 0 Å². The maximum Gasteiger partial charge on any atom is 0.0426 e. The average Bonchev–Trinajstić information content (AvgIpc) is 2.11. The number of nitrogens with two attached hydrogens (primary N) is 1. The second-order valence-electron chi connectivity index (χ2n) is 3.03. The first kappa shape index (κ1) is 10.4. The molecule has 0 unspecified atom stereocenters. The van der Waals surface area contributed by atoms with Crippen molar-refractivity contribution in [1.82, 2.24) is 0 Å². The highest BCUT2D eigenvalue weighted by atomic mass is 35.5. The number of benzene rings is 1. The molecule has 0 radical (unpaired) electrons. The van der Waals surface area contributed by atoms with E-state index in [1.54, 1.807) is 0 Å². The van der Waals surface area contributed by atoms with E-state index < -0.39 is 0 Å². The molecule has 0 aliphatic rings. The van der Waals surface area contributed by atoms with Crippen LogP contribution in [0, 0.1) is 6.92 Å². The minimum absolute atomic E-state index is 0.715. The summed E-state index contributed by atoms with van der Waals surface area (Å²) < 4.78 is 0. The molecule has 0 fully saturated rings. The lowest BCUT2D eigenvalue weighted by molar-refractivity contribution is 0.873. The van der Waals surface area contributed by atoms with Crippen LogP contribution in [-0.2, 0) is 0 Å². The third-order valence-electron chi connectivity index (χ3n) is 1.90. The van der Waals surface area contributed by atoms with Gasteiger partial charge >= 0.3 is 0 Å². The number of hydrogen-bond acceptors (Lipinski definition) is 2. The summed E-state index contributed by atoms with van der Waals surface area (Å²) in [7, 11) is 0. The first-order chi connectivity index (χ1) is 6.24. The molecule has 2 nitrogen and oxygen atoms in total. The Kier molecular flexibility index (Phi) is 4.06. The quantitative estimate of drug-likeness (QED) is 0.730. The molecule has 0 aliphatic carbocycles. The molecule has 13 heavy (non-hydrogen) atoms. The molecule has 3 heteroatoms. The third kappa shape index (κ3) is 3.25. The van der Waals surface area contributed by atoms with Crippen LogP contribution >= 0.6 is 11.6 Å². The molecule has 0 heterocycles. The zero-order valence-corrected chi connectivity index (χ0v) is 8.56. The number of aryl methyl sites for hydroxylation is 1. The van der Waals surface area contributed by atoms with Crippen molar-refractivity contribution in [2.45, 2.75) is 13.3 Å². The highest BCUT2D eigenvalue weighted by Gasteiger charge is 1.97. The number of nitrogens with one attached hydrogen (secondary N) is 1. The molecule has 0 amide bonds. The second kappa shape index (κ2) is 5.10. The number of halogens is 1. The van der Waals surface area contributed by atoms with Crippen molar-refractivity contribution >= 4 is 17.3 Å². The summed E-state index contributed by atoms with van der Waals surface area (Å²) in [4.78, 5) is 0. The molecular weight excluding hydrogens is 184 g/mol. The van der Waals surface area contributed by atoms with Crippen LogP contribution in [0.25, 0.3) is 0 Å². The Bertz CT molecular complexity index is 274. The lowest BCUT2D eigenvalue weighted by Crippen LogP contribution is -2.09. The van der Waals surface area contributed by atoms with E-state index in [0.29, 0.717) is 6.54 Å². The second-order valence-corrected chi connectivity index (χ2v) is 3.46. The number of hydrogen-bond donors (Lipinski definition) is 2. The Hall–Kier alpha value is -0.730. The van der Waals surface area contributed by atoms with Gasteiger partial charge in [-0.25, -0.2) is 0 Å². The van der Waals surface area contributed by atoms with E-state index in [0.717, 1.165) is 23.7 Å². The van der Waals surface area contributed by atoms with Crippen LogP contribution in [-0.4, -0.2) is 13.1 Å². The van der Waals surface area contributed by atoms with E-state index in [9.17, 15) is 0 Å². The SMILES string of the molecule is Cc1ccc(Cl)cc1NCCCN. The first-order valence-corrected chi connectivity index (χ1v) is 4.82. The molecule has 0 saturated carbocycles. The Balaban J connectivity index is 2.59. The van der Waals surface area contributed by atoms with Crippen molar-refractivity contribution in [2.75, 3.05) is 18.4 Å². The van der Waals surface area contributed by atoms with Gasteiger partial charge in [-0.2, -0.15) is 0 Å². The van der Waals surface area contributed by atoms with Crippen molar-refractivity contribution in [3.63, 3.8) is 0 Å². The van der Waals surface area contributed by atoms with E-state index in [2.05, 4.69) is 12.2 Å². The molecule has 3 N–H and O–H groups in total. The zero-order valence-electron chi connectivity index (χ0n) is 7.81. The van der Waals surface area contributed by atoms with Crippen LogP contribution in [0.1, 0.15) is 12.0 Å². The van der Waals surface area contributed by atoms with E-state index in [1.807, 2.05) is 18.2 Å². The van der Waals surface area contributed by atoms with Gasteiger partial charge in [-0.05, 0) is 37.6 Å². The van der Waals surface area contributed by atoms with Gasteiger partial charge < -0.3 is 11.1 Å². The molecule has 0 aromatic heterocycles. The Labute approximate surface area is 84.1 Å². The average molecular weight is 199 g/mol. The minimum Gasteiger partial charge on any atom is -0.385 e. The fourth-order valence-corrected chi connectivity index (χ4v) is 1.28. The molecule has 0 saturated heterocycles. The number of rotatable bonds is 4. The summed E-state index contributed by atoms with van der Waals surface area (Å²) in [6, 6.07) is 5.84. The summed E-state index contributed by atoms with van der Waals surface area (Å²) in [5.74, 6) is 0. The van der Waals surface area contributed by atoms with Crippen LogP contribution < -0.4 is 11.1 Å². The molecule has 0 aliphatic heterocycles. The maximum absolute atomic E-state index is 5.86. The molecule has 0 spiro atoms. The van der Waals surface area contributed by atoms with Gasteiger partial charge in [-0.3, -0.25) is 0 Å².